The molecular weight excluding hydrogens is 819 g/mol. The topological polar surface area (TPSA) is 0 Å². The maximum absolute atomic E-state index is 15.2. The third-order valence-corrected chi connectivity index (χ3v) is 17.8. The zero-order chi connectivity index (χ0) is 46.8. The zero-order valence-corrected chi connectivity index (χ0v) is 43.0. The number of rotatable bonds is 19. The Hall–Kier alpha value is -3.26. The Kier molecular flexibility index (Phi) is 21.0. The van der Waals surface area contributed by atoms with Gasteiger partial charge in [-0.15, -0.1) is 0 Å². The Labute approximate surface area is 409 Å². The first-order valence-electron chi connectivity index (χ1n) is 28.6. The molecular formula is C65H92F2. The van der Waals surface area contributed by atoms with Gasteiger partial charge in [0.05, 0.1) is 0 Å². The van der Waals surface area contributed by atoms with Gasteiger partial charge in [-0.05, 0) is 207 Å². The van der Waals surface area contributed by atoms with Gasteiger partial charge in [0.25, 0.3) is 0 Å². The van der Waals surface area contributed by atoms with Gasteiger partial charge in [-0.1, -0.05) is 184 Å². The molecule has 0 aromatic heterocycles. The molecule has 366 valence electrons. The molecule has 4 saturated carbocycles. The van der Waals surface area contributed by atoms with Gasteiger partial charge in [0.15, 0.2) is 0 Å². The highest BCUT2D eigenvalue weighted by molar-refractivity contribution is 5.65. The summed E-state index contributed by atoms with van der Waals surface area (Å²) in [4.78, 5) is 0. The predicted molar refractivity (Wildman–Crippen MR) is 285 cm³/mol. The summed E-state index contributed by atoms with van der Waals surface area (Å²) in [6.07, 6.45) is 38.3. The quantitative estimate of drug-likeness (QED) is 0.0823. The molecule has 0 spiro atoms. The number of hydrogen-bond acceptors (Lipinski definition) is 0. The summed E-state index contributed by atoms with van der Waals surface area (Å²) >= 11 is 0. The van der Waals surface area contributed by atoms with E-state index in [1.165, 1.54) is 172 Å². The summed E-state index contributed by atoms with van der Waals surface area (Å²) in [6, 6.07) is 30.1. The molecule has 4 fully saturated rings. The van der Waals surface area contributed by atoms with Gasteiger partial charge in [-0.2, -0.15) is 0 Å². The summed E-state index contributed by atoms with van der Waals surface area (Å²) in [7, 11) is 0. The van der Waals surface area contributed by atoms with E-state index in [0.717, 1.165) is 82.7 Å². The van der Waals surface area contributed by atoms with Gasteiger partial charge >= 0.3 is 0 Å². The first-order chi connectivity index (χ1) is 32.8. The first kappa shape index (κ1) is 51.6. The molecule has 8 rings (SSSR count). The second-order valence-electron chi connectivity index (χ2n) is 22.5. The molecule has 0 nitrogen and oxygen atoms in total. The Morgan fingerprint density at radius 1 is 0.313 bits per heavy atom. The molecule has 67 heavy (non-hydrogen) atoms. The molecule has 0 heterocycles. The van der Waals surface area contributed by atoms with Crippen LogP contribution in [0.25, 0.3) is 22.3 Å². The minimum absolute atomic E-state index is 0.00201. The Balaban J connectivity index is 0.000000200. The van der Waals surface area contributed by atoms with Crippen molar-refractivity contribution in [1.82, 2.24) is 0 Å². The van der Waals surface area contributed by atoms with E-state index in [2.05, 4.69) is 100 Å². The summed E-state index contributed by atoms with van der Waals surface area (Å²) in [6.45, 7) is 9.15. The molecule has 0 radical (unpaired) electrons. The first-order valence-corrected chi connectivity index (χ1v) is 28.6. The van der Waals surface area contributed by atoms with Crippen LogP contribution in [0.2, 0.25) is 0 Å². The fraction of sp³-hybridized carbons (Fsp3) is 0.631. The lowest BCUT2D eigenvalue weighted by atomic mass is 9.76. The van der Waals surface area contributed by atoms with Gasteiger partial charge in [-0.25, -0.2) is 8.78 Å². The molecule has 0 unspecified atom stereocenters. The molecule has 4 aromatic rings. The van der Waals surface area contributed by atoms with Crippen LogP contribution >= 0.6 is 0 Å². The van der Waals surface area contributed by atoms with Gasteiger partial charge in [0.1, 0.15) is 11.6 Å². The van der Waals surface area contributed by atoms with Crippen LogP contribution in [0.3, 0.4) is 0 Å². The van der Waals surface area contributed by atoms with E-state index in [-0.39, 0.29) is 11.6 Å². The molecule has 4 aromatic carbocycles. The Bertz CT molecular complexity index is 1980. The monoisotopic (exact) mass is 911 g/mol. The minimum atomic E-state index is -0.00201. The van der Waals surface area contributed by atoms with E-state index >= 15 is 8.78 Å². The van der Waals surface area contributed by atoms with Crippen LogP contribution in [0.4, 0.5) is 8.78 Å². The molecule has 4 aliphatic carbocycles. The number of halogens is 2. The van der Waals surface area contributed by atoms with E-state index in [0.29, 0.717) is 23.7 Å². The molecule has 0 N–H and O–H groups in total. The lowest BCUT2D eigenvalue weighted by Gasteiger charge is -2.29. The van der Waals surface area contributed by atoms with Crippen molar-refractivity contribution in [3.63, 3.8) is 0 Å². The minimum Gasteiger partial charge on any atom is -0.207 e. The second kappa shape index (κ2) is 27.2. The van der Waals surface area contributed by atoms with E-state index in [1.54, 1.807) is 12.1 Å². The Morgan fingerprint density at radius 3 is 0.955 bits per heavy atom. The average Bonchev–Trinajstić information content (AvgIpc) is 3.37. The second-order valence-corrected chi connectivity index (χ2v) is 22.5. The van der Waals surface area contributed by atoms with Gasteiger partial charge in [0.2, 0.25) is 0 Å². The largest absolute Gasteiger partial charge is 0.207 e. The lowest BCUT2D eigenvalue weighted by Crippen LogP contribution is -2.14. The molecule has 2 heteroatoms. The maximum atomic E-state index is 15.2. The molecule has 0 saturated heterocycles. The molecule has 0 aliphatic heterocycles. The van der Waals surface area contributed by atoms with Crippen molar-refractivity contribution in [2.75, 3.05) is 0 Å². The standard InChI is InChI=1S/C34H49F.C31H43F/c1-3-5-7-9-26-11-15-28(16-12-26)29-19-21-30(22-20-29)32-23-24-33(34(35)25-32)31-17-13-27(14-18-31)10-8-6-4-2;1-3-5-7-24-10-14-28(15-11-24)30-21-20-29(22-31(30)32)27-18-16-26(17-19-27)25-12-8-23(6-4-2)9-13-25/h19-28,31H,3-18H2,1-2H3;16-25,28H,3-15H2,1-2H3. The van der Waals surface area contributed by atoms with Gasteiger partial charge in [0, 0.05) is 0 Å². The Morgan fingerprint density at radius 2 is 0.627 bits per heavy atom. The van der Waals surface area contributed by atoms with Crippen molar-refractivity contribution < 1.29 is 8.78 Å². The smallest absolute Gasteiger partial charge is 0.127 e. The van der Waals surface area contributed by atoms with E-state index in [4.69, 9.17) is 0 Å². The van der Waals surface area contributed by atoms with Crippen molar-refractivity contribution in [2.24, 2.45) is 23.7 Å². The van der Waals surface area contributed by atoms with Gasteiger partial charge in [-0.3, -0.25) is 0 Å². The summed E-state index contributed by atoms with van der Waals surface area (Å²) in [5, 5.41) is 0. The van der Waals surface area contributed by atoms with E-state index in [1.807, 2.05) is 0 Å². The van der Waals surface area contributed by atoms with Crippen molar-refractivity contribution in [3.05, 3.63) is 119 Å². The van der Waals surface area contributed by atoms with Crippen molar-refractivity contribution >= 4 is 0 Å². The number of benzene rings is 4. The third kappa shape index (κ3) is 15.1. The van der Waals surface area contributed by atoms with Gasteiger partial charge < -0.3 is 0 Å². The number of hydrogen-bond donors (Lipinski definition) is 0. The summed E-state index contributed by atoms with van der Waals surface area (Å²) in [5.74, 6) is 5.88. The van der Waals surface area contributed by atoms with Crippen LogP contribution in [-0.2, 0) is 0 Å². The van der Waals surface area contributed by atoms with Crippen molar-refractivity contribution in [1.29, 1.82) is 0 Å². The SMILES string of the molecule is CCCCC1CCC(c2ccc(-c3ccc(C4CCC(CCC)CC4)cc3)cc2F)CC1.CCCCCC1CCC(c2ccc(-c3ccc(C4CCC(CCCCC)CC4)c(F)c3)cc2)CC1. The van der Waals surface area contributed by atoms with E-state index in [9.17, 15) is 0 Å². The highest BCUT2D eigenvalue weighted by Crippen LogP contribution is 2.43. The van der Waals surface area contributed by atoms with Crippen molar-refractivity contribution in [2.45, 2.75) is 238 Å². The molecule has 0 amide bonds. The fourth-order valence-corrected chi connectivity index (χ4v) is 13.3. The summed E-state index contributed by atoms with van der Waals surface area (Å²) in [5.41, 5.74) is 9.17. The van der Waals surface area contributed by atoms with Crippen LogP contribution in [-0.4, -0.2) is 0 Å². The highest BCUT2D eigenvalue weighted by atomic mass is 19.1. The molecule has 0 atom stereocenters. The predicted octanol–water partition coefficient (Wildman–Crippen LogP) is 21.2. The molecule has 4 aliphatic rings. The van der Waals surface area contributed by atoms with Crippen LogP contribution in [0.15, 0.2) is 84.9 Å². The highest BCUT2D eigenvalue weighted by Gasteiger charge is 2.27. The average molecular weight is 911 g/mol. The normalized spacial score (nSPS) is 25.6. The lowest BCUT2D eigenvalue weighted by molar-refractivity contribution is 0.299. The van der Waals surface area contributed by atoms with Crippen LogP contribution in [0.5, 0.6) is 0 Å². The van der Waals surface area contributed by atoms with Crippen LogP contribution in [0, 0.1) is 35.3 Å². The van der Waals surface area contributed by atoms with E-state index < -0.39 is 0 Å². The molecule has 0 bridgehead atoms. The van der Waals surface area contributed by atoms with Crippen LogP contribution in [0.1, 0.15) is 260 Å². The van der Waals surface area contributed by atoms with Crippen molar-refractivity contribution in [3.8, 4) is 22.3 Å². The number of unbranched alkanes of at least 4 members (excludes halogenated alkanes) is 5. The van der Waals surface area contributed by atoms with Crippen LogP contribution < -0.4 is 0 Å². The third-order valence-electron chi connectivity index (χ3n) is 17.8. The zero-order valence-electron chi connectivity index (χ0n) is 43.0. The summed E-state index contributed by atoms with van der Waals surface area (Å²) < 4.78 is 30.3. The fourth-order valence-electron chi connectivity index (χ4n) is 13.3. The maximum Gasteiger partial charge on any atom is 0.127 e.